The number of fused-ring (bicyclic) bond motifs is 1. The SMILES string of the molecule is CC(NC(=O)COc1ccc(CC#N)cc1)c1ccc2ccccc2c1. The van der Waals surface area contributed by atoms with Gasteiger partial charge in [-0.15, -0.1) is 0 Å². The van der Waals surface area contributed by atoms with Crippen LogP contribution in [0.3, 0.4) is 0 Å². The Kier molecular flexibility index (Phi) is 5.50. The number of carbonyl (C=O) groups is 1. The van der Waals surface area contributed by atoms with E-state index in [4.69, 9.17) is 10.00 Å². The predicted molar refractivity (Wildman–Crippen MR) is 102 cm³/mol. The fraction of sp³-hybridized carbons (Fsp3) is 0.182. The van der Waals surface area contributed by atoms with Gasteiger partial charge in [-0.3, -0.25) is 4.79 Å². The molecule has 0 saturated carbocycles. The largest absolute Gasteiger partial charge is 0.484 e. The van der Waals surface area contributed by atoms with Crippen LogP contribution in [0, 0.1) is 11.3 Å². The van der Waals surface area contributed by atoms with Crippen molar-refractivity contribution >= 4 is 16.7 Å². The highest BCUT2D eigenvalue weighted by molar-refractivity contribution is 5.83. The van der Waals surface area contributed by atoms with Gasteiger partial charge in [-0.25, -0.2) is 0 Å². The zero-order valence-electron chi connectivity index (χ0n) is 14.6. The third kappa shape index (κ3) is 4.40. The normalized spacial score (nSPS) is 11.5. The highest BCUT2D eigenvalue weighted by Crippen LogP contribution is 2.20. The van der Waals surface area contributed by atoms with Crippen LogP contribution in [0.15, 0.2) is 66.7 Å². The monoisotopic (exact) mass is 344 g/mol. The molecule has 0 aliphatic rings. The van der Waals surface area contributed by atoms with E-state index in [-0.39, 0.29) is 18.6 Å². The Morgan fingerprint density at radius 2 is 1.81 bits per heavy atom. The molecule has 0 spiro atoms. The van der Waals surface area contributed by atoms with Crippen LogP contribution < -0.4 is 10.1 Å². The minimum Gasteiger partial charge on any atom is -0.484 e. The molecule has 0 bridgehead atoms. The molecule has 26 heavy (non-hydrogen) atoms. The minimum absolute atomic E-state index is 0.0461. The Labute approximate surface area is 153 Å². The number of nitrogens with zero attached hydrogens (tertiary/aromatic N) is 1. The Balaban J connectivity index is 1.55. The fourth-order valence-electron chi connectivity index (χ4n) is 2.79. The number of hydrogen-bond acceptors (Lipinski definition) is 3. The zero-order chi connectivity index (χ0) is 18.4. The van der Waals surface area contributed by atoms with E-state index in [0.29, 0.717) is 12.2 Å². The van der Waals surface area contributed by atoms with E-state index in [1.807, 2.05) is 37.3 Å². The van der Waals surface area contributed by atoms with E-state index in [1.165, 1.54) is 5.39 Å². The van der Waals surface area contributed by atoms with Crippen molar-refractivity contribution in [3.05, 3.63) is 77.9 Å². The molecule has 0 heterocycles. The van der Waals surface area contributed by atoms with E-state index < -0.39 is 0 Å². The van der Waals surface area contributed by atoms with E-state index in [1.54, 1.807) is 12.1 Å². The zero-order valence-corrected chi connectivity index (χ0v) is 14.6. The third-order valence-electron chi connectivity index (χ3n) is 4.23. The first kappa shape index (κ1) is 17.5. The maximum Gasteiger partial charge on any atom is 0.258 e. The van der Waals surface area contributed by atoms with Crippen molar-refractivity contribution in [1.29, 1.82) is 5.26 Å². The summed E-state index contributed by atoms with van der Waals surface area (Å²) in [6.07, 6.45) is 0.365. The number of amides is 1. The van der Waals surface area contributed by atoms with Crippen LogP contribution >= 0.6 is 0 Å². The molecular formula is C22H20N2O2. The van der Waals surface area contributed by atoms with E-state index in [0.717, 1.165) is 16.5 Å². The lowest BCUT2D eigenvalue weighted by Crippen LogP contribution is -2.31. The number of carbonyl (C=O) groups excluding carboxylic acids is 1. The average molecular weight is 344 g/mol. The molecule has 3 rings (SSSR count). The van der Waals surface area contributed by atoms with Crippen LogP contribution in [0.25, 0.3) is 10.8 Å². The van der Waals surface area contributed by atoms with Gasteiger partial charge in [0.05, 0.1) is 18.5 Å². The number of hydrogen-bond donors (Lipinski definition) is 1. The molecule has 0 saturated heterocycles. The maximum atomic E-state index is 12.2. The summed E-state index contributed by atoms with van der Waals surface area (Å²) in [4.78, 5) is 12.2. The molecule has 130 valence electrons. The first-order valence-electron chi connectivity index (χ1n) is 8.52. The van der Waals surface area contributed by atoms with Gasteiger partial charge in [0.15, 0.2) is 6.61 Å². The molecule has 4 heteroatoms. The summed E-state index contributed by atoms with van der Waals surface area (Å²) in [6.45, 7) is 1.91. The molecule has 1 N–H and O–H groups in total. The second-order valence-corrected chi connectivity index (χ2v) is 6.16. The van der Waals surface area contributed by atoms with Gasteiger partial charge < -0.3 is 10.1 Å². The van der Waals surface area contributed by atoms with Crippen molar-refractivity contribution < 1.29 is 9.53 Å². The molecule has 3 aromatic rings. The van der Waals surface area contributed by atoms with Crippen molar-refractivity contribution in [2.24, 2.45) is 0 Å². The second-order valence-electron chi connectivity index (χ2n) is 6.16. The number of benzene rings is 3. The average Bonchev–Trinajstić information content (AvgIpc) is 2.67. The summed E-state index contributed by atoms with van der Waals surface area (Å²) in [5, 5.41) is 14.0. The van der Waals surface area contributed by atoms with Crippen LogP contribution in [0.2, 0.25) is 0 Å². The summed E-state index contributed by atoms with van der Waals surface area (Å²) < 4.78 is 5.51. The summed E-state index contributed by atoms with van der Waals surface area (Å²) in [7, 11) is 0. The molecule has 4 nitrogen and oxygen atoms in total. The molecule has 0 aromatic heterocycles. The van der Waals surface area contributed by atoms with Crippen LogP contribution in [0.4, 0.5) is 0 Å². The summed E-state index contributed by atoms with van der Waals surface area (Å²) in [5.74, 6) is 0.437. The Bertz CT molecular complexity index is 942. The molecule has 0 fully saturated rings. The smallest absolute Gasteiger partial charge is 0.258 e. The van der Waals surface area contributed by atoms with E-state index >= 15 is 0 Å². The van der Waals surface area contributed by atoms with Crippen molar-refractivity contribution in [2.45, 2.75) is 19.4 Å². The van der Waals surface area contributed by atoms with Crippen LogP contribution in [-0.4, -0.2) is 12.5 Å². The third-order valence-corrected chi connectivity index (χ3v) is 4.23. The van der Waals surface area contributed by atoms with Gasteiger partial charge in [-0.1, -0.05) is 48.5 Å². The van der Waals surface area contributed by atoms with E-state index in [2.05, 4.69) is 35.7 Å². The molecule has 0 radical (unpaired) electrons. The predicted octanol–water partition coefficient (Wildman–Crippen LogP) is 4.16. The standard InChI is InChI=1S/C22H20N2O2/c1-16(19-9-8-18-4-2-3-5-20(18)14-19)24-22(25)15-26-21-10-6-17(7-11-21)12-13-23/h2-11,14,16H,12,15H2,1H3,(H,24,25). The highest BCUT2D eigenvalue weighted by atomic mass is 16.5. The Morgan fingerprint density at radius 1 is 1.08 bits per heavy atom. The Hall–Kier alpha value is -3.32. The molecular weight excluding hydrogens is 324 g/mol. The lowest BCUT2D eigenvalue weighted by molar-refractivity contribution is -0.123. The number of rotatable bonds is 6. The first-order chi connectivity index (χ1) is 12.7. The van der Waals surface area contributed by atoms with Gasteiger partial charge >= 0.3 is 0 Å². The van der Waals surface area contributed by atoms with Gasteiger partial charge in [0.25, 0.3) is 5.91 Å². The van der Waals surface area contributed by atoms with Crippen LogP contribution in [-0.2, 0) is 11.2 Å². The van der Waals surface area contributed by atoms with Gasteiger partial charge in [0.2, 0.25) is 0 Å². The first-order valence-corrected chi connectivity index (χ1v) is 8.52. The molecule has 0 aliphatic heterocycles. The highest BCUT2D eigenvalue weighted by Gasteiger charge is 2.10. The lowest BCUT2D eigenvalue weighted by Gasteiger charge is -2.15. The van der Waals surface area contributed by atoms with Crippen LogP contribution in [0.1, 0.15) is 24.1 Å². The summed E-state index contributed by atoms with van der Waals surface area (Å²) >= 11 is 0. The molecule has 3 aromatic carbocycles. The van der Waals surface area contributed by atoms with Crippen LogP contribution in [0.5, 0.6) is 5.75 Å². The summed E-state index contributed by atoms with van der Waals surface area (Å²) in [5.41, 5.74) is 1.98. The lowest BCUT2D eigenvalue weighted by atomic mass is 10.0. The van der Waals surface area contributed by atoms with Crippen molar-refractivity contribution in [3.8, 4) is 11.8 Å². The molecule has 1 amide bonds. The topological polar surface area (TPSA) is 62.1 Å². The second kappa shape index (κ2) is 8.17. The van der Waals surface area contributed by atoms with Gasteiger partial charge in [-0.2, -0.15) is 5.26 Å². The quantitative estimate of drug-likeness (QED) is 0.730. The number of nitrogens with one attached hydrogen (secondary N) is 1. The molecule has 0 aliphatic carbocycles. The molecule has 1 unspecified atom stereocenters. The summed E-state index contributed by atoms with van der Waals surface area (Å²) in [6, 6.07) is 23.5. The maximum absolute atomic E-state index is 12.2. The van der Waals surface area contributed by atoms with Gasteiger partial charge in [0.1, 0.15) is 5.75 Å². The van der Waals surface area contributed by atoms with Crippen molar-refractivity contribution in [3.63, 3.8) is 0 Å². The number of nitriles is 1. The Morgan fingerprint density at radius 3 is 2.54 bits per heavy atom. The number of ether oxygens (including phenoxy) is 1. The van der Waals surface area contributed by atoms with E-state index in [9.17, 15) is 4.79 Å². The van der Waals surface area contributed by atoms with Crippen molar-refractivity contribution in [1.82, 2.24) is 5.32 Å². The molecule has 1 atom stereocenters. The minimum atomic E-state index is -0.174. The van der Waals surface area contributed by atoms with Gasteiger partial charge in [0, 0.05) is 0 Å². The van der Waals surface area contributed by atoms with Gasteiger partial charge in [-0.05, 0) is 47.0 Å². The fourth-order valence-corrected chi connectivity index (χ4v) is 2.79. The van der Waals surface area contributed by atoms with Crippen molar-refractivity contribution in [2.75, 3.05) is 6.61 Å².